The molecule has 1 rings (SSSR count). The first-order valence-electron chi connectivity index (χ1n) is 5.74. The number of hydrogen-bond donors (Lipinski definition) is 1. The summed E-state index contributed by atoms with van der Waals surface area (Å²) in [5.74, 6) is 0. The van der Waals surface area contributed by atoms with Crippen molar-refractivity contribution in [3.8, 4) is 0 Å². The third kappa shape index (κ3) is 3.97. The predicted octanol–water partition coefficient (Wildman–Crippen LogP) is 2.11. The number of piperidine rings is 1. The maximum Gasteiger partial charge on any atom is 0.00967 e. The third-order valence-corrected chi connectivity index (χ3v) is 3.24. The Morgan fingerprint density at radius 2 is 1.71 bits per heavy atom. The van der Waals surface area contributed by atoms with E-state index in [4.69, 9.17) is 0 Å². The Balaban J connectivity index is 2.36. The average molecular weight is 198 g/mol. The monoisotopic (exact) mass is 198 g/mol. The fourth-order valence-electron chi connectivity index (χ4n) is 1.81. The number of likely N-dealkylation sites (tertiary alicyclic amines) is 1. The highest BCUT2D eigenvalue weighted by atomic mass is 15.1. The van der Waals surface area contributed by atoms with Crippen LogP contribution in [0.5, 0.6) is 0 Å². The van der Waals surface area contributed by atoms with E-state index in [1.165, 1.54) is 25.9 Å². The van der Waals surface area contributed by atoms with Gasteiger partial charge in [-0.3, -0.25) is 0 Å². The summed E-state index contributed by atoms with van der Waals surface area (Å²) in [6.07, 6.45) is 2.65. The van der Waals surface area contributed by atoms with Crippen LogP contribution in [0.1, 0.15) is 40.5 Å². The number of rotatable bonds is 2. The van der Waals surface area contributed by atoms with Crippen LogP contribution in [0.15, 0.2) is 0 Å². The summed E-state index contributed by atoms with van der Waals surface area (Å²) < 4.78 is 0. The summed E-state index contributed by atoms with van der Waals surface area (Å²) in [5, 5.41) is 3.63. The van der Waals surface area contributed by atoms with Gasteiger partial charge in [-0.25, -0.2) is 0 Å². The zero-order valence-electron chi connectivity index (χ0n) is 10.5. The van der Waals surface area contributed by atoms with Crippen molar-refractivity contribution in [2.45, 2.75) is 46.1 Å². The lowest BCUT2D eigenvalue weighted by Gasteiger charge is -2.39. The van der Waals surface area contributed by atoms with Gasteiger partial charge in [0.1, 0.15) is 0 Å². The first-order valence-corrected chi connectivity index (χ1v) is 5.74. The quantitative estimate of drug-likeness (QED) is 0.731. The summed E-state index contributed by atoms with van der Waals surface area (Å²) in [6, 6.07) is 0. The molecule has 0 aromatic carbocycles. The summed E-state index contributed by atoms with van der Waals surface area (Å²) in [4.78, 5) is 2.43. The van der Waals surface area contributed by atoms with Crippen molar-refractivity contribution in [3.05, 3.63) is 0 Å². The van der Waals surface area contributed by atoms with Gasteiger partial charge >= 0.3 is 0 Å². The van der Waals surface area contributed by atoms with Crippen molar-refractivity contribution >= 4 is 0 Å². The van der Waals surface area contributed by atoms with Crippen LogP contribution in [0.3, 0.4) is 0 Å². The van der Waals surface area contributed by atoms with Gasteiger partial charge in [-0.15, -0.1) is 0 Å². The second-order valence-electron chi connectivity index (χ2n) is 6.22. The van der Waals surface area contributed by atoms with Crippen LogP contribution in [-0.4, -0.2) is 37.1 Å². The topological polar surface area (TPSA) is 15.3 Å². The normalized spacial score (nSPS) is 23.8. The Hall–Kier alpha value is -0.0800. The van der Waals surface area contributed by atoms with Crippen molar-refractivity contribution < 1.29 is 0 Å². The van der Waals surface area contributed by atoms with Crippen LogP contribution < -0.4 is 5.32 Å². The highest BCUT2D eigenvalue weighted by molar-refractivity contribution is 4.85. The Labute approximate surface area is 89.1 Å². The standard InChI is InChI=1S/C12H26N2/c1-11(2,3)13-10-12(4)6-8-14(5)9-7-12/h13H,6-10H2,1-5H3. The van der Waals surface area contributed by atoms with E-state index < -0.39 is 0 Å². The molecule has 1 heterocycles. The van der Waals surface area contributed by atoms with E-state index >= 15 is 0 Å². The molecular formula is C12H26N2. The maximum absolute atomic E-state index is 3.63. The molecule has 0 spiro atoms. The molecule has 0 radical (unpaired) electrons. The molecule has 1 aliphatic rings. The zero-order valence-corrected chi connectivity index (χ0v) is 10.5. The van der Waals surface area contributed by atoms with E-state index in [2.05, 4.69) is 45.0 Å². The van der Waals surface area contributed by atoms with Crippen LogP contribution in [0.2, 0.25) is 0 Å². The second kappa shape index (κ2) is 4.19. The number of hydrogen-bond acceptors (Lipinski definition) is 2. The molecule has 84 valence electrons. The molecule has 0 atom stereocenters. The summed E-state index contributed by atoms with van der Waals surface area (Å²) >= 11 is 0. The fourth-order valence-corrected chi connectivity index (χ4v) is 1.81. The molecule has 0 aromatic rings. The van der Waals surface area contributed by atoms with Gasteiger partial charge in [-0.05, 0) is 59.2 Å². The number of nitrogens with one attached hydrogen (secondary N) is 1. The Bertz CT molecular complexity index is 173. The van der Waals surface area contributed by atoms with Gasteiger partial charge < -0.3 is 10.2 Å². The minimum atomic E-state index is 0.256. The highest BCUT2D eigenvalue weighted by Crippen LogP contribution is 2.29. The van der Waals surface area contributed by atoms with Gasteiger partial charge in [0.15, 0.2) is 0 Å². The zero-order chi connectivity index (χ0) is 10.8. The summed E-state index contributed by atoms with van der Waals surface area (Å²) in [5.41, 5.74) is 0.770. The van der Waals surface area contributed by atoms with Crippen molar-refractivity contribution in [2.75, 3.05) is 26.7 Å². The van der Waals surface area contributed by atoms with Crippen LogP contribution in [-0.2, 0) is 0 Å². The van der Waals surface area contributed by atoms with E-state index in [1.54, 1.807) is 0 Å². The first-order chi connectivity index (χ1) is 6.31. The average Bonchev–Trinajstić information content (AvgIpc) is 2.07. The van der Waals surface area contributed by atoms with Gasteiger partial charge in [0, 0.05) is 12.1 Å². The Morgan fingerprint density at radius 3 is 2.14 bits per heavy atom. The van der Waals surface area contributed by atoms with Crippen LogP contribution in [0.25, 0.3) is 0 Å². The molecule has 1 fully saturated rings. The second-order valence-corrected chi connectivity index (χ2v) is 6.22. The molecule has 0 bridgehead atoms. The highest BCUT2D eigenvalue weighted by Gasteiger charge is 2.29. The molecule has 14 heavy (non-hydrogen) atoms. The predicted molar refractivity (Wildman–Crippen MR) is 62.6 cm³/mol. The first kappa shape index (κ1) is 12.0. The fraction of sp³-hybridized carbons (Fsp3) is 1.00. The van der Waals surface area contributed by atoms with E-state index in [9.17, 15) is 0 Å². The van der Waals surface area contributed by atoms with Crippen LogP contribution in [0.4, 0.5) is 0 Å². The molecule has 0 amide bonds. The van der Waals surface area contributed by atoms with E-state index in [0.717, 1.165) is 6.54 Å². The molecule has 0 aliphatic carbocycles. The lowest BCUT2D eigenvalue weighted by Crippen LogP contribution is -2.47. The Morgan fingerprint density at radius 1 is 1.21 bits per heavy atom. The lowest BCUT2D eigenvalue weighted by molar-refractivity contribution is 0.128. The Kier molecular flexibility index (Phi) is 3.59. The molecule has 0 saturated carbocycles. The van der Waals surface area contributed by atoms with E-state index in [0.29, 0.717) is 5.41 Å². The van der Waals surface area contributed by atoms with Gasteiger partial charge in [-0.1, -0.05) is 6.92 Å². The van der Waals surface area contributed by atoms with Gasteiger partial charge in [0.2, 0.25) is 0 Å². The largest absolute Gasteiger partial charge is 0.312 e. The van der Waals surface area contributed by atoms with E-state index in [1.807, 2.05) is 0 Å². The third-order valence-electron chi connectivity index (χ3n) is 3.24. The molecule has 2 nitrogen and oxygen atoms in total. The van der Waals surface area contributed by atoms with Crippen molar-refractivity contribution in [1.82, 2.24) is 10.2 Å². The van der Waals surface area contributed by atoms with Crippen molar-refractivity contribution in [1.29, 1.82) is 0 Å². The number of nitrogens with zero attached hydrogens (tertiary/aromatic N) is 1. The molecule has 1 saturated heterocycles. The SMILES string of the molecule is CN1CCC(C)(CNC(C)(C)C)CC1. The molecular weight excluding hydrogens is 172 g/mol. The lowest BCUT2D eigenvalue weighted by atomic mass is 9.80. The van der Waals surface area contributed by atoms with Crippen molar-refractivity contribution in [3.63, 3.8) is 0 Å². The summed E-state index contributed by atoms with van der Waals surface area (Å²) in [6.45, 7) is 12.8. The smallest absolute Gasteiger partial charge is 0.00967 e. The minimum Gasteiger partial charge on any atom is -0.312 e. The van der Waals surface area contributed by atoms with E-state index in [-0.39, 0.29) is 5.54 Å². The van der Waals surface area contributed by atoms with Gasteiger partial charge in [0.05, 0.1) is 0 Å². The molecule has 0 unspecified atom stereocenters. The molecule has 2 heteroatoms. The van der Waals surface area contributed by atoms with Gasteiger partial charge in [-0.2, -0.15) is 0 Å². The molecule has 1 N–H and O–H groups in total. The summed E-state index contributed by atoms with van der Waals surface area (Å²) in [7, 11) is 2.22. The van der Waals surface area contributed by atoms with Crippen LogP contribution in [0, 0.1) is 5.41 Å². The minimum absolute atomic E-state index is 0.256. The van der Waals surface area contributed by atoms with Crippen LogP contribution >= 0.6 is 0 Å². The maximum atomic E-state index is 3.63. The molecule has 0 aromatic heterocycles. The van der Waals surface area contributed by atoms with Gasteiger partial charge in [0.25, 0.3) is 0 Å². The van der Waals surface area contributed by atoms with Crippen molar-refractivity contribution in [2.24, 2.45) is 5.41 Å². The molecule has 1 aliphatic heterocycles.